The van der Waals surface area contributed by atoms with Gasteiger partial charge in [-0.2, -0.15) is 11.8 Å². The summed E-state index contributed by atoms with van der Waals surface area (Å²) in [5.41, 5.74) is 0. The number of aliphatic carboxylic acids is 1. The van der Waals surface area contributed by atoms with E-state index in [9.17, 15) is 4.79 Å². The molecule has 0 rings (SSSR count). The van der Waals surface area contributed by atoms with Crippen LogP contribution in [-0.4, -0.2) is 35.2 Å². The molecule has 0 aromatic rings. The van der Waals surface area contributed by atoms with Crippen LogP contribution in [-0.2, 0) is 4.79 Å². The van der Waals surface area contributed by atoms with Crippen LogP contribution in [0.5, 0.6) is 0 Å². The van der Waals surface area contributed by atoms with Crippen LogP contribution >= 0.6 is 11.8 Å². The van der Waals surface area contributed by atoms with Crippen LogP contribution in [0.15, 0.2) is 0 Å². The second kappa shape index (κ2) is 5.43. The van der Waals surface area contributed by atoms with Gasteiger partial charge >= 0.3 is 5.97 Å². The predicted octanol–water partition coefficient (Wildman–Crippen LogP) is 0.801. The Morgan fingerprint density at radius 1 is 1.64 bits per heavy atom. The molecule has 3 nitrogen and oxygen atoms in total. The van der Waals surface area contributed by atoms with E-state index in [0.717, 1.165) is 5.75 Å². The molecule has 66 valence electrons. The van der Waals surface area contributed by atoms with Gasteiger partial charge in [0.2, 0.25) is 0 Å². The molecule has 2 unspecified atom stereocenters. The highest BCUT2D eigenvalue weighted by molar-refractivity contribution is 7.98. The summed E-state index contributed by atoms with van der Waals surface area (Å²) < 4.78 is 0. The minimum absolute atomic E-state index is 0.260. The molecule has 0 heterocycles. The minimum atomic E-state index is -0.794. The summed E-state index contributed by atoms with van der Waals surface area (Å²) in [6.45, 7) is 3.63. The van der Waals surface area contributed by atoms with Gasteiger partial charge in [0.1, 0.15) is 6.04 Å². The maximum absolute atomic E-state index is 10.4. The van der Waals surface area contributed by atoms with E-state index in [1.807, 2.05) is 13.2 Å². The van der Waals surface area contributed by atoms with E-state index < -0.39 is 12.0 Å². The van der Waals surface area contributed by atoms with Crippen LogP contribution in [0, 0.1) is 0 Å². The summed E-state index contributed by atoms with van der Waals surface area (Å²) in [6.07, 6.45) is 2.00. The Morgan fingerprint density at radius 3 is 2.55 bits per heavy atom. The summed E-state index contributed by atoms with van der Waals surface area (Å²) in [6, 6.07) is -0.187. The molecule has 2 N–H and O–H groups in total. The number of nitrogens with one attached hydrogen (secondary N) is 1. The lowest BCUT2D eigenvalue weighted by Gasteiger charge is -2.15. The molecular formula is C7H15NO2S. The average molecular weight is 177 g/mol. The molecule has 0 bridgehead atoms. The zero-order chi connectivity index (χ0) is 8.85. The average Bonchev–Trinajstić information content (AvgIpc) is 1.87. The Balaban J connectivity index is 3.56. The Morgan fingerprint density at radius 2 is 2.18 bits per heavy atom. The van der Waals surface area contributed by atoms with E-state index in [0.29, 0.717) is 0 Å². The number of carboxylic acid groups (broad SMARTS) is 1. The fourth-order valence-corrected chi connectivity index (χ4v) is 1.39. The van der Waals surface area contributed by atoms with Gasteiger partial charge in [-0.1, -0.05) is 0 Å². The zero-order valence-electron chi connectivity index (χ0n) is 7.13. The highest BCUT2D eigenvalue weighted by atomic mass is 32.2. The standard InChI is InChI=1S/C7H15NO2S/c1-5(4-11-3)8-6(2)7(9)10/h5-6,8H,4H2,1-3H3,(H,9,10). The van der Waals surface area contributed by atoms with Gasteiger partial charge in [-0.3, -0.25) is 4.79 Å². The fraction of sp³-hybridized carbons (Fsp3) is 0.857. The number of hydrogen-bond donors (Lipinski definition) is 2. The van der Waals surface area contributed by atoms with E-state index in [1.54, 1.807) is 18.7 Å². The molecule has 0 saturated carbocycles. The van der Waals surface area contributed by atoms with E-state index in [1.165, 1.54) is 0 Å². The largest absolute Gasteiger partial charge is 0.480 e. The molecule has 4 heteroatoms. The molecule has 2 atom stereocenters. The Bertz CT molecular complexity index is 130. The van der Waals surface area contributed by atoms with Crippen molar-refractivity contribution in [2.45, 2.75) is 25.9 Å². The lowest BCUT2D eigenvalue weighted by atomic mass is 10.3. The molecule has 0 aromatic carbocycles. The summed E-state index contributed by atoms with van der Waals surface area (Å²) in [7, 11) is 0. The Labute approximate surface area is 71.6 Å². The third-order valence-electron chi connectivity index (χ3n) is 1.32. The lowest BCUT2D eigenvalue weighted by Crippen LogP contribution is -2.40. The van der Waals surface area contributed by atoms with Crippen molar-refractivity contribution in [1.82, 2.24) is 5.32 Å². The summed E-state index contributed by atoms with van der Waals surface area (Å²) in [4.78, 5) is 10.4. The maximum atomic E-state index is 10.4. The van der Waals surface area contributed by atoms with Gasteiger partial charge in [0, 0.05) is 11.8 Å². The topological polar surface area (TPSA) is 49.3 Å². The summed E-state index contributed by atoms with van der Waals surface area (Å²) in [5.74, 6) is 0.149. The number of rotatable bonds is 5. The molecule has 0 saturated heterocycles. The first kappa shape index (κ1) is 10.8. The summed E-state index contributed by atoms with van der Waals surface area (Å²) in [5, 5.41) is 11.5. The highest BCUT2D eigenvalue weighted by Gasteiger charge is 2.12. The molecule has 0 aliphatic rings. The van der Waals surface area contributed by atoms with Gasteiger partial charge in [0.05, 0.1) is 0 Å². The third-order valence-corrected chi connectivity index (χ3v) is 2.15. The number of hydrogen-bond acceptors (Lipinski definition) is 3. The molecule has 0 spiro atoms. The van der Waals surface area contributed by atoms with Crippen LogP contribution < -0.4 is 5.32 Å². The minimum Gasteiger partial charge on any atom is -0.480 e. The molecule has 0 aliphatic carbocycles. The van der Waals surface area contributed by atoms with Crippen molar-refractivity contribution < 1.29 is 9.90 Å². The molecule has 11 heavy (non-hydrogen) atoms. The van der Waals surface area contributed by atoms with Crippen LogP contribution in [0.2, 0.25) is 0 Å². The van der Waals surface area contributed by atoms with E-state index in [2.05, 4.69) is 5.32 Å². The van der Waals surface area contributed by atoms with Crippen LogP contribution in [0.25, 0.3) is 0 Å². The second-order valence-electron chi connectivity index (χ2n) is 2.58. The zero-order valence-corrected chi connectivity index (χ0v) is 7.94. The SMILES string of the molecule is CSCC(C)NC(C)C(=O)O. The van der Waals surface area contributed by atoms with E-state index >= 15 is 0 Å². The van der Waals surface area contributed by atoms with Gasteiger partial charge in [0.25, 0.3) is 0 Å². The van der Waals surface area contributed by atoms with Crippen molar-refractivity contribution in [2.75, 3.05) is 12.0 Å². The van der Waals surface area contributed by atoms with Crippen molar-refractivity contribution in [2.24, 2.45) is 0 Å². The quantitative estimate of drug-likeness (QED) is 0.652. The highest BCUT2D eigenvalue weighted by Crippen LogP contribution is 1.97. The van der Waals surface area contributed by atoms with Crippen molar-refractivity contribution >= 4 is 17.7 Å². The van der Waals surface area contributed by atoms with Crippen LogP contribution in [0.1, 0.15) is 13.8 Å². The number of carboxylic acids is 1. The fourth-order valence-electron chi connectivity index (χ4n) is 0.796. The Kier molecular flexibility index (Phi) is 5.32. The van der Waals surface area contributed by atoms with Crippen LogP contribution in [0.3, 0.4) is 0 Å². The molecule has 0 aromatic heterocycles. The molecule has 0 aliphatic heterocycles. The van der Waals surface area contributed by atoms with Gasteiger partial charge in [-0.25, -0.2) is 0 Å². The Hall–Kier alpha value is -0.220. The monoisotopic (exact) mass is 177 g/mol. The molecule has 0 amide bonds. The van der Waals surface area contributed by atoms with Crippen molar-refractivity contribution in [3.8, 4) is 0 Å². The van der Waals surface area contributed by atoms with Gasteiger partial charge in [0.15, 0.2) is 0 Å². The smallest absolute Gasteiger partial charge is 0.320 e. The summed E-state index contributed by atoms with van der Waals surface area (Å²) >= 11 is 1.71. The first-order valence-corrected chi connectivity index (χ1v) is 4.95. The van der Waals surface area contributed by atoms with Crippen molar-refractivity contribution in [1.29, 1.82) is 0 Å². The van der Waals surface area contributed by atoms with E-state index in [-0.39, 0.29) is 6.04 Å². The second-order valence-corrected chi connectivity index (χ2v) is 3.49. The van der Waals surface area contributed by atoms with Gasteiger partial charge < -0.3 is 10.4 Å². The van der Waals surface area contributed by atoms with Crippen molar-refractivity contribution in [3.05, 3.63) is 0 Å². The molecule has 0 fully saturated rings. The third kappa shape index (κ3) is 5.09. The lowest BCUT2D eigenvalue weighted by molar-refractivity contribution is -0.139. The first-order valence-electron chi connectivity index (χ1n) is 3.55. The van der Waals surface area contributed by atoms with Crippen molar-refractivity contribution in [3.63, 3.8) is 0 Å². The predicted molar refractivity (Wildman–Crippen MR) is 48.1 cm³/mol. The first-order chi connectivity index (χ1) is 5.07. The van der Waals surface area contributed by atoms with E-state index in [4.69, 9.17) is 5.11 Å². The van der Waals surface area contributed by atoms with Crippen LogP contribution in [0.4, 0.5) is 0 Å². The van der Waals surface area contributed by atoms with Gasteiger partial charge in [-0.15, -0.1) is 0 Å². The normalized spacial score (nSPS) is 15.9. The molecular weight excluding hydrogens is 162 g/mol. The van der Waals surface area contributed by atoms with Gasteiger partial charge in [-0.05, 0) is 20.1 Å². The number of carbonyl (C=O) groups is 1. The maximum Gasteiger partial charge on any atom is 0.320 e. The molecule has 0 radical (unpaired) electrons. The number of thioether (sulfide) groups is 1.